The first-order valence-corrected chi connectivity index (χ1v) is 16.8. The molecule has 0 unspecified atom stereocenters. The minimum Gasteiger partial charge on any atom is -0.361 e. The van der Waals surface area contributed by atoms with Crippen LogP contribution in [-0.2, 0) is 0 Å². The van der Waals surface area contributed by atoms with E-state index in [-0.39, 0.29) is 0 Å². The van der Waals surface area contributed by atoms with E-state index in [9.17, 15) is 0 Å². The van der Waals surface area contributed by atoms with Gasteiger partial charge in [0.25, 0.3) is 0 Å². The summed E-state index contributed by atoms with van der Waals surface area (Å²) < 4.78 is 0. The fourth-order valence-corrected chi connectivity index (χ4v) is 6.35. The third kappa shape index (κ3) is 6.07. The van der Waals surface area contributed by atoms with E-state index in [4.69, 9.17) is 24.9 Å². The fourth-order valence-electron chi connectivity index (χ4n) is 6.35. The first-order valence-electron chi connectivity index (χ1n) is 16.8. The van der Waals surface area contributed by atoms with Crippen molar-refractivity contribution >= 4 is 10.9 Å². The Kier molecular flexibility index (Phi) is 7.72. The molecule has 0 bridgehead atoms. The molecule has 6 heteroatoms. The molecule has 0 fully saturated rings. The van der Waals surface area contributed by atoms with Crippen molar-refractivity contribution in [1.29, 1.82) is 0 Å². The highest BCUT2D eigenvalue weighted by Crippen LogP contribution is 2.32. The standard InChI is InChI=1S/C45H30N6/c1-4-11-30(12-5-1)31-19-23-33(24-20-31)39-29-40(48-42(47-39)35-13-6-2-7-14-35)45-50-43(36-15-8-3-9-16-36)49-44(51-45)37-25-21-32(22-26-37)38-18-10-17-34-27-28-46-41(34)38/h1-29,46H. The average molecular weight is 655 g/mol. The average Bonchev–Trinajstić information content (AvgIpc) is 3.71. The molecule has 0 radical (unpaired) electrons. The third-order valence-electron chi connectivity index (χ3n) is 8.98. The molecule has 0 aliphatic rings. The van der Waals surface area contributed by atoms with Crippen molar-refractivity contribution in [3.63, 3.8) is 0 Å². The van der Waals surface area contributed by atoms with E-state index in [0.29, 0.717) is 29.0 Å². The van der Waals surface area contributed by atoms with Crippen LogP contribution < -0.4 is 0 Å². The number of nitrogens with one attached hydrogen (secondary N) is 1. The van der Waals surface area contributed by atoms with Crippen molar-refractivity contribution in [3.8, 4) is 79.2 Å². The van der Waals surface area contributed by atoms with Crippen LogP contribution in [0.3, 0.4) is 0 Å². The van der Waals surface area contributed by atoms with Gasteiger partial charge >= 0.3 is 0 Å². The summed E-state index contributed by atoms with van der Waals surface area (Å²) in [4.78, 5) is 28.5. The minimum absolute atomic E-state index is 0.473. The number of para-hydroxylation sites is 1. The van der Waals surface area contributed by atoms with E-state index < -0.39 is 0 Å². The maximum atomic E-state index is 5.05. The molecule has 9 aromatic rings. The van der Waals surface area contributed by atoms with E-state index in [0.717, 1.165) is 55.7 Å². The normalized spacial score (nSPS) is 11.1. The number of fused-ring (bicyclic) bond motifs is 1. The van der Waals surface area contributed by atoms with Gasteiger partial charge in [0.1, 0.15) is 5.69 Å². The highest BCUT2D eigenvalue weighted by molar-refractivity contribution is 5.94. The summed E-state index contributed by atoms with van der Waals surface area (Å²) in [7, 11) is 0. The molecule has 0 saturated heterocycles. The summed E-state index contributed by atoms with van der Waals surface area (Å²) >= 11 is 0. The maximum Gasteiger partial charge on any atom is 0.182 e. The molecule has 0 atom stereocenters. The minimum atomic E-state index is 0.473. The van der Waals surface area contributed by atoms with Crippen molar-refractivity contribution in [2.24, 2.45) is 0 Å². The molecule has 3 aromatic heterocycles. The second-order valence-electron chi connectivity index (χ2n) is 12.3. The summed E-state index contributed by atoms with van der Waals surface area (Å²) in [6.07, 6.45) is 1.97. The number of H-pyrrole nitrogens is 1. The van der Waals surface area contributed by atoms with Gasteiger partial charge in [-0.25, -0.2) is 24.9 Å². The van der Waals surface area contributed by atoms with Crippen LogP contribution in [-0.4, -0.2) is 29.9 Å². The zero-order chi connectivity index (χ0) is 34.0. The first kappa shape index (κ1) is 30.0. The molecule has 240 valence electrons. The van der Waals surface area contributed by atoms with E-state index in [1.54, 1.807) is 0 Å². The van der Waals surface area contributed by atoms with E-state index in [2.05, 4.69) is 102 Å². The molecule has 6 aromatic carbocycles. The monoisotopic (exact) mass is 654 g/mol. The van der Waals surface area contributed by atoms with Gasteiger partial charge in [-0.05, 0) is 34.2 Å². The highest BCUT2D eigenvalue weighted by atomic mass is 15.1. The Morgan fingerprint density at radius 3 is 1.43 bits per heavy atom. The lowest BCUT2D eigenvalue weighted by Crippen LogP contribution is -2.03. The summed E-state index contributed by atoms with van der Waals surface area (Å²) in [6, 6.07) is 57.6. The third-order valence-corrected chi connectivity index (χ3v) is 8.98. The summed E-state index contributed by atoms with van der Waals surface area (Å²) in [5.74, 6) is 2.21. The van der Waals surface area contributed by atoms with Crippen molar-refractivity contribution < 1.29 is 0 Å². The van der Waals surface area contributed by atoms with Crippen molar-refractivity contribution in [2.75, 3.05) is 0 Å². The Bertz CT molecular complexity index is 2600. The van der Waals surface area contributed by atoms with Crippen LogP contribution in [0, 0.1) is 0 Å². The van der Waals surface area contributed by atoms with Crippen molar-refractivity contribution in [2.45, 2.75) is 0 Å². The maximum absolute atomic E-state index is 5.05. The second kappa shape index (κ2) is 13.1. The smallest absolute Gasteiger partial charge is 0.182 e. The van der Waals surface area contributed by atoms with Crippen LogP contribution in [0.25, 0.3) is 90.1 Å². The van der Waals surface area contributed by atoms with Crippen molar-refractivity contribution in [1.82, 2.24) is 29.9 Å². The number of rotatable bonds is 7. The summed E-state index contributed by atoms with van der Waals surface area (Å²) in [5, 5.41) is 1.18. The lowest BCUT2D eigenvalue weighted by Gasteiger charge is -2.12. The van der Waals surface area contributed by atoms with Gasteiger partial charge in [0.15, 0.2) is 23.3 Å². The Labute approximate surface area is 295 Å². The Morgan fingerprint density at radius 1 is 0.314 bits per heavy atom. The largest absolute Gasteiger partial charge is 0.361 e. The van der Waals surface area contributed by atoms with Gasteiger partial charge in [-0.3, -0.25) is 0 Å². The van der Waals surface area contributed by atoms with Crippen LogP contribution in [0.15, 0.2) is 176 Å². The molecule has 0 spiro atoms. The number of benzene rings is 6. The number of hydrogen-bond donors (Lipinski definition) is 1. The molecule has 51 heavy (non-hydrogen) atoms. The van der Waals surface area contributed by atoms with Gasteiger partial charge in [0.05, 0.1) is 11.2 Å². The molecule has 0 saturated carbocycles. The predicted molar refractivity (Wildman–Crippen MR) is 205 cm³/mol. The number of aromatic amines is 1. The lowest BCUT2D eigenvalue weighted by atomic mass is 10.0. The predicted octanol–water partition coefficient (Wildman–Crippen LogP) is 10.8. The van der Waals surface area contributed by atoms with Gasteiger partial charge in [-0.1, -0.05) is 158 Å². The van der Waals surface area contributed by atoms with Crippen LogP contribution >= 0.6 is 0 Å². The number of hydrogen-bond acceptors (Lipinski definition) is 5. The molecule has 3 heterocycles. The molecule has 0 aliphatic carbocycles. The zero-order valence-electron chi connectivity index (χ0n) is 27.5. The Hall–Kier alpha value is -7.05. The Balaban J connectivity index is 1.17. The van der Waals surface area contributed by atoms with E-state index in [1.165, 1.54) is 5.39 Å². The van der Waals surface area contributed by atoms with Crippen LogP contribution in [0.4, 0.5) is 0 Å². The first-order chi connectivity index (χ1) is 25.2. The summed E-state index contributed by atoms with van der Waals surface area (Å²) in [6.45, 7) is 0. The molecule has 0 amide bonds. The fraction of sp³-hybridized carbons (Fsp3) is 0. The molecule has 1 N–H and O–H groups in total. The van der Waals surface area contributed by atoms with Crippen molar-refractivity contribution in [3.05, 3.63) is 176 Å². The van der Waals surface area contributed by atoms with Crippen LogP contribution in [0.5, 0.6) is 0 Å². The van der Waals surface area contributed by atoms with E-state index in [1.807, 2.05) is 79.0 Å². The molecular formula is C45H30N6. The van der Waals surface area contributed by atoms with Gasteiger partial charge in [-0.15, -0.1) is 0 Å². The van der Waals surface area contributed by atoms with Gasteiger partial charge in [0.2, 0.25) is 0 Å². The van der Waals surface area contributed by atoms with E-state index >= 15 is 0 Å². The quantitative estimate of drug-likeness (QED) is 0.185. The molecular weight excluding hydrogens is 625 g/mol. The highest BCUT2D eigenvalue weighted by Gasteiger charge is 2.17. The topological polar surface area (TPSA) is 80.2 Å². The lowest BCUT2D eigenvalue weighted by molar-refractivity contribution is 1.05. The number of aromatic nitrogens is 6. The number of nitrogens with zero attached hydrogens (tertiary/aromatic N) is 5. The molecule has 6 nitrogen and oxygen atoms in total. The molecule has 9 rings (SSSR count). The summed E-state index contributed by atoms with van der Waals surface area (Å²) in [5.41, 5.74) is 10.7. The van der Waals surface area contributed by atoms with Crippen LogP contribution in [0.2, 0.25) is 0 Å². The Morgan fingerprint density at radius 2 is 0.784 bits per heavy atom. The zero-order valence-corrected chi connectivity index (χ0v) is 27.5. The SMILES string of the molecule is c1ccc(-c2ccc(-c3cc(-c4nc(-c5ccccc5)nc(-c5ccc(-c6cccc7cc[nH]c67)cc5)n4)nc(-c4ccccc4)n3)cc2)cc1. The van der Waals surface area contributed by atoms with Crippen LogP contribution in [0.1, 0.15) is 0 Å². The molecule has 0 aliphatic heterocycles. The van der Waals surface area contributed by atoms with Gasteiger partial charge in [-0.2, -0.15) is 0 Å². The van der Waals surface area contributed by atoms with Gasteiger partial charge < -0.3 is 4.98 Å². The van der Waals surface area contributed by atoms with Gasteiger partial charge in [0, 0.05) is 34.0 Å². The second-order valence-corrected chi connectivity index (χ2v) is 12.3.